The van der Waals surface area contributed by atoms with Gasteiger partial charge in [-0.05, 0) is 12.5 Å². The molecule has 0 aliphatic carbocycles. The smallest absolute Gasteiger partial charge is 0.332 e. The summed E-state index contributed by atoms with van der Waals surface area (Å²) in [6, 6.07) is 9.92. The molecule has 3 aromatic rings. The van der Waals surface area contributed by atoms with Crippen LogP contribution in [0.25, 0.3) is 11.2 Å². The van der Waals surface area contributed by atoms with Crippen molar-refractivity contribution < 1.29 is 0 Å². The van der Waals surface area contributed by atoms with Gasteiger partial charge in [0.15, 0.2) is 11.2 Å². The average Bonchev–Trinajstić information content (AvgIpc) is 2.95. The molecular formula is C15H17N5O2. The molecule has 1 aromatic carbocycles. The van der Waals surface area contributed by atoms with Crippen molar-refractivity contribution in [2.45, 2.75) is 13.0 Å². The van der Waals surface area contributed by atoms with Crippen molar-refractivity contribution >= 4 is 17.1 Å². The molecule has 0 amide bonds. The number of aromatic nitrogens is 4. The third-order valence-electron chi connectivity index (χ3n) is 3.75. The summed E-state index contributed by atoms with van der Waals surface area (Å²) in [5, 5.41) is 3.21. The van der Waals surface area contributed by atoms with Crippen LogP contribution in [-0.2, 0) is 14.1 Å². The van der Waals surface area contributed by atoms with Crippen molar-refractivity contribution in [3.8, 4) is 0 Å². The number of fused-ring (bicyclic) bond motifs is 1. The van der Waals surface area contributed by atoms with E-state index in [4.69, 9.17) is 0 Å². The van der Waals surface area contributed by atoms with Crippen LogP contribution in [0.3, 0.4) is 0 Å². The minimum atomic E-state index is -0.397. The van der Waals surface area contributed by atoms with Gasteiger partial charge in [-0.1, -0.05) is 30.3 Å². The molecule has 2 N–H and O–H groups in total. The van der Waals surface area contributed by atoms with E-state index in [1.807, 2.05) is 37.3 Å². The highest BCUT2D eigenvalue weighted by atomic mass is 16.2. The summed E-state index contributed by atoms with van der Waals surface area (Å²) in [5.74, 6) is 0.463. The summed E-state index contributed by atoms with van der Waals surface area (Å²) in [6.07, 6.45) is 0. The zero-order valence-corrected chi connectivity index (χ0v) is 12.6. The molecule has 2 heterocycles. The summed E-state index contributed by atoms with van der Waals surface area (Å²) in [4.78, 5) is 31.3. The number of aryl methyl sites for hydroxylation is 1. The van der Waals surface area contributed by atoms with E-state index in [1.165, 1.54) is 11.6 Å². The second kappa shape index (κ2) is 5.18. The lowest BCUT2D eigenvalue weighted by molar-refractivity contribution is 0.708. The number of imidazole rings is 1. The van der Waals surface area contributed by atoms with E-state index in [-0.39, 0.29) is 11.6 Å². The van der Waals surface area contributed by atoms with Gasteiger partial charge in [-0.3, -0.25) is 13.9 Å². The first kappa shape index (κ1) is 14.1. The lowest BCUT2D eigenvalue weighted by Gasteiger charge is -2.12. The molecule has 7 heteroatoms. The van der Waals surface area contributed by atoms with E-state index in [1.54, 1.807) is 7.05 Å². The Morgan fingerprint density at radius 2 is 1.82 bits per heavy atom. The van der Waals surface area contributed by atoms with Crippen LogP contribution in [0, 0.1) is 0 Å². The first-order chi connectivity index (χ1) is 10.5. The van der Waals surface area contributed by atoms with Crippen LogP contribution in [0.2, 0.25) is 0 Å². The molecule has 0 fully saturated rings. The zero-order chi connectivity index (χ0) is 15.9. The van der Waals surface area contributed by atoms with Crippen LogP contribution in [0.15, 0.2) is 39.9 Å². The molecule has 7 nitrogen and oxygen atoms in total. The number of benzene rings is 1. The van der Waals surface area contributed by atoms with Crippen LogP contribution >= 0.6 is 0 Å². The van der Waals surface area contributed by atoms with Crippen molar-refractivity contribution in [3.05, 3.63) is 56.7 Å². The van der Waals surface area contributed by atoms with Crippen LogP contribution in [-0.4, -0.2) is 19.1 Å². The van der Waals surface area contributed by atoms with Crippen molar-refractivity contribution in [3.63, 3.8) is 0 Å². The van der Waals surface area contributed by atoms with Crippen molar-refractivity contribution in [2.24, 2.45) is 14.1 Å². The monoisotopic (exact) mass is 299 g/mol. The highest BCUT2D eigenvalue weighted by Gasteiger charge is 2.14. The number of nitrogens with one attached hydrogen (secondary N) is 2. The minimum Gasteiger partial charge on any atom is -0.349 e. The highest BCUT2D eigenvalue weighted by molar-refractivity contribution is 5.72. The van der Waals surface area contributed by atoms with Gasteiger partial charge >= 0.3 is 5.69 Å². The van der Waals surface area contributed by atoms with Crippen LogP contribution in [0.5, 0.6) is 0 Å². The highest BCUT2D eigenvalue weighted by Crippen LogP contribution is 2.17. The van der Waals surface area contributed by atoms with E-state index < -0.39 is 5.69 Å². The Labute approximate surface area is 126 Å². The number of H-pyrrole nitrogens is 1. The van der Waals surface area contributed by atoms with E-state index in [0.717, 1.165) is 10.1 Å². The molecule has 0 saturated heterocycles. The Balaban J connectivity index is 2.03. The largest absolute Gasteiger partial charge is 0.349 e. The van der Waals surface area contributed by atoms with Crippen LogP contribution in [0.4, 0.5) is 5.95 Å². The summed E-state index contributed by atoms with van der Waals surface area (Å²) in [5.41, 5.74) is 0.977. The minimum absolute atomic E-state index is 0.0163. The van der Waals surface area contributed by atoms with Gasteiger partial charge in [-0.15, -0.1) is 0 Å². The van der Waals surface area contributed by atoms with Gasteiger partial charge in [0, 0.05) is 14.1 Å². The van der Waals surface area contributed by atoms with Crippen molar-refractivity contribution in [1.82, 2.24) is 19.1 Å². The average molecular weight is 299 g/mol. The fourth-order valence-corrected chi connectivity index (χ4v) is 2.42. The maximum atomic E-state index is 12.1. The molecule has 0 bridgehead atoms. The molecule has 3 rings (SSSR count). The Hall–Kier alpha value is -2.83. The van der Waals surface area contributed by atoms with Gasteiger partial charge < -0.3 is 10.3 Å². The maximum Gasteiger partial charge on any atom is 0.332 e. The van der Waals surface area contributed by atoms with Crippen LogP contribution in [0.1, 0.15) is 18.5 Å². The first-order valence-electron chi connectivity index (χ1n) is 6.96. The Bertz CT molecular complexity index is 936. The lowest BCUT2D eigenvalue weighted by Crippen LogP contribution is -2.36. The quantitative estimate of drug-likeness (QED) is 0.759. The van der Waals surface area contributed by atoms with Gasteiger partial charge in [0.1, 0.15) is 0 Å². The number of aromatic amines is 1. The third-order valence-corrected chi connectivity index (χ3v) is 3.75. The molecule has 0 aliphatic heterocycles. The number of anilines is 1. The zero-order valence-electron chi connectivity index (χ0n) is 12.6. The van der Waals surface area contributed by atoms with Crippen LogP contribution < -0.4 is 16.6 Å². The molecule has 1 unspecified atom stereocenters. The molecule has 0 saturated carbocycles. The molecule has 22 heavy (non-hydrogen) atoms. The predicted octanol–water partition coefficient (Wildman–Crippen LogP) is 1.13. The first-order valence-corrected chi connectivity index (χ1v) is 6.96. The van der Waals surface area contributed by atoms with E-state index in [2.05, 4.69) is 15.3 Å². The van der Waals surface area contributed by atoms with Crippen molar-refractivity contribution in [1.29, 1.82) is 0 Å². The second-order valence-electron chi connectivity index (χ2n) is 5.27. The normalized spacial score (nSPS) is 12.5. The van der Waals surface area contributed by atoms with E-state index >= 15 is 0 Å². The van der Waals surface area contributed by atoms with E-state index in [0.29, 0.717) is 17.1 Å². The summed E-state index contributed by atoms with van der Waals surface area (Å²) in [7, 11) is 3.04. The number of rotatable bonds is 3. The number of nitrogens with zero attached hydrogens (tertiary/aromatic N) is 3. The molecule has 1 atom stereocenters. The van der Waals surface area contributed by atoms with E-state index in [9.17, 15) is 9.59 Å². The van der Waals surface area contributed by atoms with Gasteiger partial charge in [-0.2, -0.15) is 4.98 Å². The molecular weight excluding hydrogens is 282 g/mol. The van der Waals surface area contributed by atoms with Gasteiger partial charge in [0.05, 0.1) is 6.04 Å². The maximum absolute atomic E-state index is 12.1. The van der Waals surface area contributed by atoms with Gasteiger partial charge in [0.25, 0.3) is 5.56 Å². The summed E-state index contributed by atoms with van der Waals surface area (Å²) >= 11 is 0. The predicted molar refractivity (Wildman–Crippen MR) is 85.1 cm³/mol. The standard InChI is InChI=1S/C15H17N5O2/c1-9(10-7-5-4-6-8-10)16-14-17-11-12(18-14)19(2)15(22)20(3)13(11)21/h4-9H,1-3H3,(H2,16,17,18). The third kappa shape index (κ3) is 2.20. The second-order valence-corrected chi connectivity index (χ2v) is 5.27. The number of hydrogen-bond donors (Lipinski definition) is 2. The molecule has 114 valence electrons. The Morgan fingerprint density at radius 1 is 1.14 bits per heavy atom. The lowest BCUT2D eigenvalue weighted by atomic mass is 10.1. The topological polar surface area (TPSA) is 84.7 Å². The summed E-state index contributed by atoms with van der Waals surface area (Å²) < 4.78 is 2.41. The van der Waals surface area contributed by atoms with Crippen molar-refractivity contribution in [2.75, 3.05) is 5.32 Å². The number of hydrogen-bond acceptors (Lipinski definition) is 4. The Kier molecular flexibility index (Phi) is 3.32. The Morgan fingerprint density at radius 3 is 2.50 bits per heavy atom. The SMILES string of the molecule is CC(Nc1nc2c([nH]1)c(=O)n(C)c(=O)n2C)c1ccccc1. The molecule has 0 radical (unpaired) electrons. The molecule has 2 aromatic heterocycles. The summed E-state index contributed by atoms with van der Waals surface area (Å²) in [6.45, 7) is 2.00. The fourth-order valence-electron chi connectivity index (χ4n) is 2.42. The molecule has 0 spiro atoms. The molecule has 0 aliphatic rings. The fraction of sp³-hybridized carbons (Fsp3) is 0.267. The van der Waals surface area contributed by atoms with Gasteiger partial charge in [0.2, 0.25) is 5.95 Å². The van der Waals surface area contributed by atoms with Gasteiger partial charge in [-0.25, -0.2) is 4.79 Å².